The molecule has 1 aliphatic rings. The largest absolute Gasteiger partial charge is 0.276 e. The zero-order chi connectivity index (χ0) is 16.0. The molecule has 0 bridgehead atoms. The molecule has 0 unspecified atom stereocenters. The highest BCUT2D eigenvalue weighted by Gasteiger charge is 2.28. The third-order valence-electron chi connectivity index (χ3n) is 3.97. The van der Waals surface area contributed by atoms with Crippen molar-refractivity contribution in [3.8, 4) is 0 Å². The van der Waals surface area contributed by atoms with Crippen LogP contribution in [0.3, 0.4) is 0 Å². The number of anilines is 1. The predicted molar refractivity (Wildman–Crippen MR) is 89.1 cm³/mol. The number of fused-ring (bicyclic) bond motifs is 2. The highest BCUT2D eigenvalue weighted by atomic mass is 35.5. The van der Waals surface area contributed by atoms with Crippen LogP contribution in [0.25, 0.3) is 10.9 Å². The van der Waals surface area contributed by atoms with Crippen molar-refractivity contribution < 1.29 is 4.79 Å². The van der Waals surface area contributed by atoms with Crippen LogP contribution < -0.4 is 10.5 Å². The van der Waals surface area contributed by atoms with Crippen LogP contribution in [0.2, 0.25) is 5.02 Å². The maximum Gasteiger partial charge on any atom is 0.262 e. The molecule has 0 aliphatic carbocycles. The van der Waals surface area contributed by atoms with Crippen LogP contribution in [0, 0.1) is 0 Å². The van der Waals surface area contributed by atoms with Crippen LogP contribution in [0.1, 0.15) is 10.4 Å². The molecule has 3 aromatic rings. The SMILES string of the molecule is O=C(c1ccc(Cl)cc1)N1CCn2c1nc1ccccc1c2=O. The van der Waals surface area contributed by atoms with E-state index in [1.807, 2.05) is 12.1 Å². The molecule has 1 aromatic heterocycles. The summed E-state index contributed by atoms with van der Waals surface area (Å²) in [7, 11) is 0. The fourth-order valence-corrected chi connectivity index (χ4v) is 2.93. The van der Waals surface area contributed by atoms with E-state index in [1.165, 1.54) is 4.90 Å². The van der Waals surface area contributed by atoms with Crippen molar-refractivity contribution >= 4 is 34.4 Å². The molecule has 0 atom stereocenters. The van der Waals surface area contributed by atoms with E-state index in [2.05, 4.69) is 4.98 Å². The van der Waals surface area contributed by atoms with E-state index < -0.39 is 0 Å². The molecule has 6 heteroatoms. The quantitative estimate of drug-likeness (QED) is 0.691. The Labute approximate surface area is 136 Å². The van der Waals surface area contributed by atoms with Gasteiger partial charge in [-0.2, -0.15) is 0 Å². The number of nitrogens with zero attached hydrogens (tertiary/aromatic N) is 3. The average Bonchev–Trinajstić information content (AvgIpc) is 2.99. The summed E-state index contributed by atoms with van der Waals surface area (Å²) in [5.41, 5.74) is 1.00. The third-order valence-corrected chi connectivity index (χ3v) is 4.22. The first-order valence-corrected chi connectivity index (χ1v) is 7.60. The van der Waals surface area contributed by atoms with Gasteiger partial charge in [-0.1, -0.05) is 23.7 Å². The first-order valence-electron chi connectivity index (χ1n) is 7.22. The number of aromatic nitrogens is 2. The zero-order valence-electron chi connectivity index (χ0n) is 12.1. The van der Waals surface area contributed by atoms with Gasteiger partial charge >= 0.3 is 0 Å². The summed E-state index contributed by atoms with van der Waals surface area (Å²) in [6, 6.07) is 13.9. The normalized spacial score (nSPS) is 13.3. The van der Waals surface area contributed by atoms with Crippen molar-refractivity contribution in [1.82, 2.24) is 9.55 Å². The predicted octanol–water partition coefficient (Wildman–Crippen LogP) is 2.71. The van der Waals surface area contributed by atoms with Gasteiger partial charge in [0.15, 0.2) is 0 Å². The standard InChI is InChI=1S/C17H12ClN3O2/c18-12-7-5-11(6-8-12)15(22)20-9-10-21-16(23)13-3-1-2-4-14(13)19-17(20)21/h1-8H,9-10H2. The highest BCUT2D eigenvalue weighted by Crippen LogP contribution is 2.22. The minimum Gasteiger partial charge on any atom is -0.276 e. The number of carbonyl (C=O) groups is 1. The lowest BCUT2D eigenvalue weighted by molar-refractivity contribution is 0.0988. The smallest absolute Gasteiger partial charge is 0.262 e. The topological polar surface area (TPSA) is 55.2 Å². The van der Waals surface area contributed by atoms with Gasteiger partial charge in [0.2, 0.25) is 5.95 Å². The van der Waals surface area contributed by atoms with Crippen LogP contribution in [-0.2, 0) is 6.54 Å². The van der Waals surface area contributed by atoms with Crippen LogP contribution in [0.15, 0.2) is 53.3 Å². The van der Waals surface area contributed by atoms with Gasteiger partial charge in [0.25, 0.3) is 11.5 Å². The maximum atomic E-state index is 12.7. The van der Waals surface area contributed by atoms with E-state index in [9.17, 15) is 9.59 Å². The van der Waals surface area contributed by atoms with Crippen LogP contribution in [-0.4, -0.2) is 22.0 Å². The van der Waals surface area contributed by atoms with Crippen molar-refractivity contribution in [3.05, 3.63) is 69.5 Å². The Morgan fingerprint density at radius 1 is 1.04 bits per heavy atom. The van der Waals surface area contributed by atoms with Gasteiger partial charge in [0, 0.05) is 23.7 Å². The maximum absolute atomic E-state index is 12.7. The summed E-state index contributed by atoms with van der Waals surface area (Å²) in [4.78, 5) is 31.3. The highest BCUT2D eigenvalue weighted by molar-refractivity contribution is 6.30. The number of benzene rings is 2. The van der Waals surface area contributed by atoms with Crippen molar-refractivity contribution in [1.29, 1.82) is 0 Å². The molecule has 0 fully saturated rings. The lowest BCUT2D eigenvalue weighted by Gasteiger charge is -2.15. The molecule has 0 radical (unpaired) electrons. The van der Waals surface area contributed by atoms with E-state index in [0.717, 1.165) is 0 Å². The van der Waals surface area contributed by atoms with Gasteiger partial charge in [-0.05, 0) is 36.4 Å². The molecular formula is C17H12ClN3O2. The van der Waals surface area contributed by atoms with Crippen molar-refractivity contribution in [3.63, 3.8) is 0 Å². The van der Waals surface area contributed by atoms with Gasteiger partial charge in [-0.15, -0.1) is 0 Å². The first kappa shape index (κ1) is 14.0. The second-order valence-corrected chi connectivity index (χ2v) is 5.79. The zero-order valence-corrected chi connectivity index (χ0v) is 12.8. The molecule has 23 heavy (non-hydrogen) atoms. The van der Waals surface area contributed by atoms with Gasteiger partial charge in [-0.25, -0.2) is 4.98 Å². The molecule has 0 spiro atoms. The Kier molecular flexibility index (Phi) is 3.16. The summed E-state index contributed by atoms with van der Waals surface area (Å²) >= 11 is 5.86. The number of rotatable bonds is 1. The second kappa shape index (κ2) is 5.21. The Balaban J connectivity index is 1.82. The first-order chi connectivity index (χ1) is 11.1. The lowest BCUT2D eigenvalue weighted by Crippen LogP contribution is -2.30. The van der Waals surface area contributed by atoms with E-state index in [4.69, 9.17) is 11.6 Å². The summed E-state index contributed by atoms with van der Waals surface area (Å²) in [6.45, 7) is 0.880. The Bertz CT molecular complexity index is 979. The fourth-order valence-electron chi connectivity index (χ4n) is 2.80. The summed E-state index contributed by atoms with van der Waals surface area (Å²) < 4.78 is 1.55. The molecule has 2 heterocycles. The number of hydrogen-bond donors (Lipinski definition) is 0. The van der Waals surface area contributed by atoms with E-state index in [0.29, 0.717) is 40.5 Å². The molecule has 114 valence electrons. The van der Waals surface area contributed by atoms with E-state index >= 15 is 0 Å². The number of carbonyl (C=O) groups excluding carboxylic acids is 1. The molecule has 4 rings (SSSR count). The molecular weight excluding hydrogens is 314 g/mol. The lowest BCUT2D eigenvalue weighted by atomic mass is 10.2. The van der Waals surface area contributed by atoms with Gasteiger partial charge in [0.1, 0.15) is 0 Å². The molecule has 0 saturated carbocycles. The summed E-state index contributed by atoms with van der Waals surface area (Å²) in [6.07, 6.45) is 0. The molecule has 0 N–H and O–H groups in total. The Hall–Kier alpha value is -2.66. The van der Waals surface area contributed by atoms with E-state index in [-0.39, 0.29) is 11.5 Å². The summed E-state index contributed by atoms with van der Waals surface area (Å²) in [5, 5.41) is 1.14. The molecule has 0 saturated heterocycles. The summed E-state index contributed by atoms with van der Waals surface area (Å²) in [5.74, 6) is 0.212. The third kappa shape index (κ3) is 2.21. The van der Waals surface area contributed by atoms with Gasteiger partial charge < -0.3 is 0 Å². The fraction of sp³-hybridized carbons (Fsp3) is 0.118. The number of para-hydroxylation sites is 1. The van der Waals surface area contributed by atoms with Crippen molar-refractivity contribution in [2.75, 3.05) is 11.4 Å². The van der Waals surface area contributed by atoms with E-state index in [1.54, 1.807) is 41.0 Å². The number of halogens is 1. The molecule has 5 nitrogen and oxygen atoms in total. The van der Waals surface area contributed by atoms with Crippen LogP contribution >= 0.6 is 11.6 Å². The molecule has 1 aliphatic heterocycles. The van der Waals surface area contributed by atoms with Crippen molar-refractivity contribution in [2.45, 2.75) is 6.54 Å². The van der Waals surface area contributed by atoms with Crippen LogP contribution in [0.4, 0.5) is 5.95 Å². The molecule has 1 amide bonds. The minimum atomic E-state index is -0.185. The average molecular weight is 326 g/mol. The number of amides is 1. The second-order valence-electron chi connectivity index (χ2n) is 5.35. The Morgan fingerprint density at radius 3 is 2.57 bits per heavy atom. The van der Waals surface area contributed by atoms with Gasteiger partial charge in [-0.3, -0.25) is 19.1 Å². The van der Waals surface area contributed by atoms with Crippen LogP contribution in [0.5, 0.6) is 0 Å². The minimum absolute atomic E-state index is 0.114. The monoisotopic (exact) mass is 325 g/mol. The van der Waals surface area contributed by atoms with Crippen molar-refractivity contribution in [2.24, 2.45) is 0 Å². The Morgan fingerprint density at radius 2 is 1.78 bits per heavy atom. The molecule has 2 aromatic carbocycles. The van der Waals surface area contributed by atoms with Gasteiger partial charge in [0.05, 0.1) is 10.9 Å². The number of hydrogen-bond acceptors (Lipinski definition) is 3.